The van der Waals surface area contributed by atoms with Crippen LogP contribution in [0, 0.1) is 0 Å². The second kappa shape index (κ2) is 5.30. The molecule has 0 amide bonds. The van der Waals surface area contributed by atoms with Crippen LogP contribution in [0.5, 0.6) is 0 Å². The molecular formula is C11H13N. The summed E-state index contributed by atoms with van der Waals surface area (Å²) in [5.74, 6) is 0. The van der Waals surface area contributed by atoms with E-state index in [0.29, 0.717) is 6.04 Å². The van der Waals surface area contributed by atoms with E-state index in [-0.39, 0.29) is 0 Å². The Hall–Kier alpha value is -1.37. The second-order valence-electron chi connectivity index (χ2n) is 2.58. The molecule has 1 heterocycles. The molecule has 1 aromatic carbocycles. The molecule has 0 saturated heterocycles. The lowest BCUT2D eigenvalue weighted by Gasteiger charge is -1.84. The average molecular weight is 159 g/mol. The molecule has 1 aromatic rings. The van der Waals surface area contributed by atoms with E-state index in [4.69, 9.17) is 0 Å². The second-order valence-corrected chi connectivity index (χ2v) is 2.58. The van der Waals surface area contributed by atoms with Crippen molar-refractivity contribution in [3.8, 4) is 0 Å². The Labute approximate surface area is 73.5 Å². The van der Waals surface area contributed by atoms with Crippen molar-refractivity contribution in [3.05, 3.63) is 48.6 Å². The molecule has 0 bridgehead atoms. The van der Waals surface area contributed by atoms with Crippen molar-refractivity contribution in [1.29, 1.82) is 0 Å². The first-order valence-corrected chi connectivity index (χ1v) is 4.09. The maximum Gasteiger partial charge on any atom is 0.0655 e. The Morgan fingerprint density at radius 1 is 0.917 bits per heavy atom. The molecule has 0 aliphatic carbocycles. The van der Waals surface area contributed by atoms with Gasteiger partial charge in [-0.15, -0.1) is 0 Å². The number of benzene rings is 1. The third-order valence-electron chi connectivity index (χ3n) is 1.46. The molecular weight excluding hydrogens is 146 g/mol. The van der Waals surface area contributed by atoms with Crippen LogP contribution in [-0.4, -0.2) is 12.3 Å². The smallest absolute Gasteiger partial charge is 0.0655 e. The van der Waals surface area contributed by atoms with Crippen LogP contribution in [0.15, 0.2) is 53.5 Å². The number of allylic oxidation sites excluding steroid dienone is 1. The van der Waals surface area contributed by atoms with Crippen LogP contribution in [0.2, 0.25) is 0 Å². The molecule has 1 unspecified atom stereocenters. The predicted molar refractivity (Wildman–Crippen MR) is 53.5 cm³/mol. The quantitative estimate of drug-likeness (QED) is 0.552. The van der Waals surface area contributed by atoms with Gasteiger partial charge in [0.05, 0.1) is 6.04 Å². The van der Waals surface area contributed by atoms with E-state index in [1.807, 2.05) is 48.7 Å². The summed E-state index contributed by atoms with van der Waals surface area (Å²) < 4.78 is 0. The van der Waals surface area contributed by atoms with Gasteiger partial charge in [-0.3, -0.25) is 4.99 Å². The van der Waals surface area contributed by atoms with Gasteiger partial charge < -0.3 is 0 Å². The van der Waals surface area contributed by atoms with E-state index < -0.39 is 0 Å². The third kappa shape index (κ3) is 3.71. The number of aliphatic imine (C=N–C) groups is 1. The largest absolute Gasteiger partial charge is 0.286 e. The van der Waals surface area contributed by atoms with Gasteiger partial charge in [-0.05, 0) is 13.0 Å². The fraction of sp³-hybridized carbons (Fsp3) is 0.182. The van der Waals surface area contributed by atoms with Gasteiger partial charge in [0.25, 0.3) is 0 Å². The van der Waals surface area contributed by atoms with E-state index >= 15 is 0 Å². The molecule has 2 rings (SSSR count). The van der Waals surface area contributed by atoms with Crippen molar-refractivity contribution >= 4 is 6.21 Å². The van der Waals surface area contributed by atoms with Crippen LogP contribution in [0.1, 0.15) is 6.92 Å². The summed E-state index contributed by atoms with van der Waals surface area (Å²) in [5, 5.41) is 0. The zero-order valence-electron chi connectivity index (χ0n) is 7.22. The molecule has 1 aliphatic rings. The normalized spacial score (nSPS) is 18.6. The molecule has 0 N–H and O–H groups in total. The van der Waals surface area contributed by atoms with Crippen molar-refractivity contribution in [2.45, 2.75) is 13.0 Å². The predicted octanol–water partition coefficient (Wildman–Crippen LogP) is 2.70. The van der Waals surface area contributed by atoms with Gasteiger partial charge in [0.15, 0.2) is 0 Å². The van der Waals surface area contributed by atoms with E-state index in [2.05, 4.69) is 18.0 Å². The lowest BCUT2D eigenvalue weighted by molar-refractivity contribution is 0.950. The number of nitrogens with zero attached hydrogens (tertiary/aromatic N) is 1. The zero-order chi connectivity index (χ0) is 8.65. The molecule has 1 aliphatic heterocycles. The molecule has 1 heteroatoms. The van der Waals surface area contributed by atoms with Crippen molar-refractivity contribution in [3.63, 3.8) is 0 Å². The summed E-state index contributed by atoms with van der Waals surface area (Å²) in [6.45, 7) is 2.06. The lowest BCUT2D eigenvalue weighted by Crippen LogP contribution is -1.82. The Bertz CT molecular complexity index is 210. The highest BCUT2D eigenvalue weighted by Gasteiger charge is 1.90. The van der Waals surface area contributed by atoms with Crippen LogP contribution in [0.4, 0.5) is 0 Å². The summed E-state index contributed by atoms with van der Waals surface area (Å²) in [7, 11) is 0. The van der Waals surface area contributed by atoms with E-state index in [9.17, 15) is 0 Å². The van der Waals surface area contributed by atoms with Crippen LogP contribution in [-0.2, 0) is 0 Å². The SMILES string of the molecule is CC1C=CC=N1.c1ccccc1. The molecule has 1 atom stereocenters. The van der Waals surface area contributed by atoms with Crippen molar-refractivity contribution in [1.82, 2.24) is 0 Å². The molecule has 62 valence electrons. The van der Waals surface area contributed by atoms with Gasteiger partial charge in [-0.25, -0.2) is 0 Å². The lowest BCUT2D eigenvalue weighted by atomic mass is 10.4. The van der Waals surface area contributed by atoms with Crippen molar-refractivity contribution < 1.29 is 0 Å². The number of hydrogen-bond acceptors (Lipinski definition) is 1. The Kier molecular flexibility index (Phi) is 3.86. The number of hydrogen-bond donors (Lipinski definition) is 0. The third-order valence-corrected chi connectivity index (χ3v) is 1.46. The minimum Gasteiger partial charge on any atom is -0.286 e. The van der Waals surface area contributed by atoms with Crippen molar-refractivity contribution in [2.24, 2.45) is 4.99 Å². The highest BCUT2D eigenvalue weighted by Crippen LogP contribution is 1.94. The van der Waals surface area contributed by atoms with Gasteiger partial charge in [-0.1, -0.05) is 42.5 Å². The van der Waals surface area contributed by atoms with Gasteiger partial charge >= 0.3 is 0 Å². The van der Waals surface area contributed by atoms with E-state index in [1.165, 1.54) is 0 Å². The van der Waals surface area contributed by atoms with E-state index in [0.717, 1.165) is 0 Å². The van der Waals surface area contributed by atoms with E-state index in [1.54, 1.807) is 0 Å². The first kappa shape index (κ1) is 8.72. The first-order valence-electron chi connectivity index (χ1n) is 4.09. The summed E-state index contributed by atoms with van der Waals surface area (Å²) >= 11 is 0. The summed E-state index contributed by atoms with van der Waals surface area (Å²) in [6, 6.07) is 12.4. The molecule has 0 aromatic heterocycles. The van der Waals surface area contributed by atoms with Crippen LogP contribution >= 0.6 is 0 Å². The maximum absolute atomic E-state index is 4.00. The summed E-state index contributed by atoms with van der Waals surface area (Å²) in [5.41, 5.74) is 0. The summed E-state index contributed by atoms with van der Waals surface area (Å²) in [4.78, 5) is 4.00. The number of rotatable bonds is 0. The van der Waals surface area contributed by atoms with Gasteiger partial charge in [0, 0.05) is 6.21 Å². The van der Waals surface area contributed by atoms with Crippen LogP contribution in [0.3, 0.4) is 0 Å². The highest BCUT2D eigenvalue weighted by molar-refractivity contribution is 5.73. The summed E-state index contributed by atoms with van der Waals surface area (Å²) in [6.07, 6.45) is 5.84. The maximum atomic E-state index is 4.00. The minimum absolute atomic E-state index is 0.435. The fourth-order valence-electron chi connectivity index (χ4n) is 0.831. The minimum atomic E-state index is 0.435. The van der Waals surface area contributed by atoms with Gasteiger partial charge in [-0.2, -0.15) is 0 Å². The Morgan fingerprint density at radius 2 is 1.42 bits per heavy atom. The average Bonchev–Trinajstić information content (AvgIpc) is 2.60. The first-order chi connectivity index (χ1) is 5.89. The molecule has 0 fully saturated rings. The Morgan fingerprint density at radius 3 is 1.58 bits per heavy atom. The zero-order valence-corrected chi connectivity index (χ0v) is 7.22. The fourth-order valence-corrected chi connectivity index (χ4v) is 0.831. The molecule has 0 radical (unpaired) electrons. The van der Waals surface area contributed by atoms with Gasteiger partial charge in [0.1, 0.15) is 0 Å². The molecule has 0 spiro atoms. The topological polar surface area (TPSA) is 12.4 Å². The standard InChI is InChI=1S/C6H6.C5H7N/c1-2-4-6-5-3-1;1-5-3-2-4-6-5/h1-6H;2-5H,1H3. The van der Waals surface area contributed by atoms with Crippen LogP contribution < -0.4 is 0 Å². The highest BCUT2D eigenvalue weighted by atomic mass is 14.8. The Balaban J connectivity index is 0.000000120. The molecule has 12 heavy (non-hydrogen) atoms. The van der Waals surface area contributed by atoms with Gasteiger partial charge in [0.2, 0.25) is 0 Å². The monoisotopic (exact) mass is 159 g/mol. The molecule has 0 saturated carbocycles. The van der Waals surface area contributed by atoms with Crippen molar-refractivity contribution in [2.75, 3.05) is 0 Å². The molecule has 1 nitrogen and oxygen atoms in total. The van der Waals surface area contributed by atoms with Crippen LogP contribution in [0.25, 0.3) is 0 Å².